The molecule has 0 aliphatic heterocycles. The second-order valence-corrected chi connectivity index (χ2v) is 10.1. The smallest absolute Gasteiger partial charge is 0.307 e. The van der Waals surface area contributed by atoms with Gasteiger partial charge in [-0.25, -0.2) is 8.42 Å². The number of carbonyl (C=O) groups is 3. The van der Waals surface area contributed by atoms with Gasteiger partial charge in [-0.1, -0.05) is 17.7 Å². The Morgan fingerprint density at radius 1 is 0.667 bits per heavy atom. The lowest BCUT2D eigenvalue weighted by molar-refractivity contribution is -0.143. The van der Waals surface area contributed by atoms with Crippen LogP contribution in [0.1, 0.15) is 24.8 Å². The van der Waals surface area contributed by atoms with Crippen molar-refractivity contribution in [1.29, 1.82) is 0 Å². The average Bonchev–Trinajstić information content (AvgIpc) is 2.92. The van der Waals surface area contributed by atoms with Gasteiger partial charge < -0.3 is 33.2 Å². The van der Waals surface area contributed by atoms with Crippen molar-refractivity contribution in [3.8, 4) is 0 Å². The molecule has 0 unspecified atom stereocenters. The van der Waals surface area contributed by atoms with Crippen LogP contribution in [0, 0.1) is 6.92 Å². The van der Waals surface area contributed by atoms with Crippen molar-refractivity contribution < 1.29 is 56.0 Å². The lowest BCUT2D eigenvalue weighted by atomic mass is 10.1. The summed E-state index contributed by atoms with van der Waals surface area (Å²) in [5.41, 5.74) is -0.560. The molecule has 13 nitrogen and oxygen atoms in total. The zero-order chi connectivity index (χ0) is 29.2. The first-order valence-corrected chi connectivity index (χ1v) is 13.7. The molecule has 1 aromatic rings. The van der Waals surface area contributed by atoms with Gasteiger partial charge in [0, 0.05) is 0 Å². The number of aryl methyl sites for hydroxylation is 1. The Kier molecular flexibility index (Phi) is 16.4. The van der Waals surface area contributed by atoms with Crippen LogP contribution in [-0.4, -0.2) is 106 Å². The second-order valence-electron chi connectivity index (χ2n) is 8.45. The first-order valence-electron chi connectivity index (χ1n) is 12.2. The summed E-state index contributed by atoms with van der Waals surface area (Å²) in [5, 5.41) is 0. The van der Waals surface area contributed by atoms with E-state index in [0.717, 1.165) is 5.56 Å². The number of hydrogen-bond donors (Lipinski definition) is 1. The number of methoxy groups -OCH3 is 3. The van der Waals surface area contributed by atoms with E-state index in [1.165, 1.54) is 33.5 Å². The van der Waals surface area contributed by atoms with Gasteiger partial charge in [0.2, 0.25) is 10.0 Å². The molecule has 1 aromatic carbocycles. The third-order valence-corrected chi connectivity index (χ3v) is 6.82. The van der Waals surface area contributed by atoms with Crippen molar-refractivity contribution in [1.82, 2.24) is 4.72 Å². The second kappa shape index (κ2) is 18.6. The highest BCUT2D eigenvalue weighted by Crippen LogP contribution is 2.17. The maximum atomic E-state index is 13.3. The highest BCUT2D eigenvalue weighted by Gasteiger charge is 2.37. The van der Waals surface area contributed by atoms with Gasteiger partial charge in [0.05, 0.1) is 98.3 Å². The number of carbonyl (C=O) groups excluding carboxylic acids is 3. The molecule has 0 amide bonds. The molecule has 0 heterocycles. The van der Waals surface area contributed by atoms with Gasteiger partial charge in [-0.3, -0.25) is 14.4 Å². The van der Waals surface area contributed by atoms with Gasteiger partial charge >= 0.3 is 17.9 Å². The highest BCUT2D eigenvalue weighted by atomic mass is 32.2. The molecule has 14 heteroatoms. The Labute approximate surface area is 229 Å². The van der Waals surface area contributed by atoms with Crippen molar-refractivity contribution in [3.63, 3.8) is 0 Å². The highest BCUT2D eigenvalue weighted by molar-refractivity contribution is 7.89. The number of nitrogens with one attached hydrogen (secondary N) is 1. The summed E-state index contributed by atoms with van der Waals surface area (Å²) in [6, 6.07) is 6.26. The van der Waals surface area contributed by atoms with Gasteiger partial charge in [-0.05, 0) is 19.1 Å². The van der Waals surface area contributed by atoms with Crippen LogP contribution in [0.4, 0.5) is 0 Å². The lowest BCUT2D eigenvalue weighted by Crippen LogP contribution is -2.58. The fraction of sp³-hybridized carbons (Fsp3) is 0.640. The maximum absolute atomic E-state index is 13.3. The fourth-order valence-corrected chi connectivity index (χ4v) is 4.43. The van der Waals surface area contributed by atoms with E-state index in [9.17, 15) is 22.8 Å². The summed E-state index contributed by atoms with van der Waals surface area (Å²) < 4.78 is 65.4. The molecular formula is C25H39NO12S. The van der Waals surface area contributed by atoms with E-state index in [-0.39, 0.29) is 77.0 Å². The normalized spacial score (nSPS) is 11.7. The number of hydrogen-bond acceptors (Lipinski definition) is 12. The Morgan fingerprint density at radius 3 is 1.49 bits per heavy atom. The maximum Gasteiger partial charge on any atom is 0.307 e. The number of rotatable bonds is 21. The lowest BCUT2D eigenvalue weighted by Gasteiger charge is -2.34. The molecule has 0 aromatic heterocycles. The summed E-state index contributed by atoms with van der Waals surface area (Å²) >= 11 is 0. The van der Waals surface area contributed by atoms with Crippen molar-refractivity contribution in [2.24, 2.45) is 0 Å². The predicted octanol–water partition coefficient (Wildman–Crippen LogP) is 0.768. The Morgan fingerprint density at radius 2 is 1.05 bits per heavy atom. The monoisotopic (exact) mass is 577 g/mol. The topological polar surface area (TPSA) is 162 Å². The summed E-state index contributed by atoms with van der Waals surface area (Å²) in [4.78, 5) is 34.2. The van der Waals surface area contributed by atoms with Crippen molar-refractivity contribution in [2.75, 3.05) is 74.2 Å². The minimum atomic E-state index is -4.07. The van der Waals surface area contributed by atoms with Gasteiger partial charge in [-0.2, -0.15) is 4.72 Å². The third-order valence-electron chi connectivity index (χ3n) is 5.22. The molecule has 0 atom stereocenters. The van der Waals surface area contributed by atoms with Gasteiger partial charge in [0.15, 0.2) is 0 Å². The molecule has 0 aliphatic carbocycles. The van der Waals surface area contributed by atoms with Crippen LogP contribution in [-0.2, 0) is 57.6 Å². The van der Waals surface area contributed by atoms with Crippen LogP contribution in [0.15, 0.2) is 29.2 Å². The van der Waals surface area contributed by atoms with Crippen LogP contribution < -0.4 is 4.72 Å². The summed E-state index contributed by atoms with van der Waals surface area (Å²) in [7, 11) is -0.292. The van der Waals surface area contributed by atoms with Gasteiger partial charge in [-0.15, -0.1) is 0 Å². The summed E-state index contributed by atoms with van der Waals surface area (Å²) in [6.45, 7) is 1.43. The molecule has 0 bridgehead atoms. The summed E-state index contributed by atoms with van der Waals surface area (Å²) in [5.74, 6) is -1.39. The minimum Gasteiger partial charge on any atom is -0.469 e. The molecule has 1 N–H and O–H groups in total. The van der Waals surface area contributed by atoms with E-state index in [1.54, 1.807) is 12.1 Å². The van der Waals surface area contributed by atoms with Crippen LogP contribution in [0.25, 0.3) is 0 Å². The van der Waals surface area contributed by atoms with E-state index >= 15 is 0 Å². The van der Waals surface area contributed by atoms with E-state index in [1.807, 2.05) is 6.92 Å². The standard InChI is InChI=1S/C25H39NO12S/c1-20-5-7-21(8-6-20)39(30,31)26-25(17-36-13-10-23(28)33-3,18-37-14-11-24(29)34-4)19-38-16-15-35-12-9-22(27)32-2/h5-8,26H,9-19H2,1-4H3. The molecule has 222 valence electrons. The fourth-order valence-electron chi connectivity index (χ4n) is 3.07. The molecule has 1 rings (SSSR count). The Bertz CT molecular complexity index is 957. The predicted molar refractivity (Wildman–Crippen MR) is 137 cm³/mol. The van der Waals surface area contributed by atoms with Crippen LogP contribution in [0.3, 0.4) is 0 Å². The number of ether oxygens (including phenoxy) is 7. The van der Waals surface area contributed by atoms with Crippen molar-refractivity contribution in [3.05, 3.63) is 29.8 Å². The zero-order valence-electron chi connectivity index (χ0n) is 22.9. The molecule has 39 heavy (non-hydrogen) atoms. The molecule has 0 fully saturated rings. The Hall–Kier alpha value is -2.62. The van der Waals surface area contributed by atoms with Gasteiger partial charge in [0.1, 0.15) is 5.54 Å². The quantitative estimate of drug-likeness (QED) is 0.124. The first-order chi connectivity index (χ1) is 18.6. The summed E-state index contributed by atoms with van der Waals surface area (Å²) in [6.07, 6.45) is -0.0103. The largest absolute Gasteiger partial charge is 0.469 e. The third kappa shape index (κ3) is 14.4. The van der Waals surface area contributed by atoms with E-state index in [0.29, 0.717) is 0 Å². The van der Waals surface area contributed by atoms with Crippen LogP contribution >= 0.6 is 0 Å². The number of esters is 3. The molecule has 0 aliphatic rings. The SMILES string of the molecule is COC(=O)CCOCCOCC(COCCC(=O)OC)(COCCC(=O)OC)NS(=O)(=O)c1ccc(C)cc1. The Balaban J connectivity index is 3.02. The van der Waals surface area contributed by atoms with Crippen molar-refractivity contribution >= 4 is 27.9 Å². The van der Waals surface area contributed by atoms with E-state index in [4.69, 9.17) is 18.9 Å². The molecule has 0 saturated carbocycles. The molecule has 0 spiro atoms. The van der Waals surface area contributed by atoms with Crippen LogP contribution in [0.2, 0.25) is 0 Å². The molecule has 0 radical (unpaired) electrons. The van der Waals surface area contributed by atoms with Gasteiger partial charge in [0.25, 0.3) is 0 Å². The number of sulfonamides is 1. The molecule has 0 saturated heterocycles. The molecular weight excluding hydrogens is 538 g/mol. The van der Waals surface area contributed by atoms with E-state index in [2.05, 4.69) is 18.9 Å². The first kappa shape index (κ1) is 34.4. The number of benzene rings is 1. The zero-order valence-corrected chi connectivity index (χ0v) is 23.7. The van der Waals surface area contributed by atoms with Crippen LogP contribution in [0.5, 0.6) is 0 Å². The van der Waals surface area contributed by atoms with E-state index < -0.39 is 33.5 Å². The van der Waals surface area contributed by atoms with Crippen molar-refractivity contribution in [2.45, 2.75) is 36.6 Å². The minimum absolute atomic E-state index is 0.0211. The average molecular weight is 578 g/mol.